The van der Waals surface area contributed by atoms with Crippen LogP contribution >= 0.6 is 7.82 Å². The van der Waals surface area contributed by atoms with Crippen molar-refractivity contribution in [3.8, 4) is 0 Å². The van der Waals surface area contributed by atoms with Gasteiger partial charge < -0.3 is 19.4 Å². The van der Waals surface area contributed by atoms with Crippen LogP contribution in [0, 0.1) is 0 Å². The number of esters is 1. The second-order valence-electron chi connectivity index (χ2n) is 23.7. The maximum atomic E-state index is 13.6. The number of phosphoric acid groups is 1. The minimum atomic E-state index is -4.44. The average Bonchev–Trinajstić information content (AvgIpc) is 3.36. The fourth-order valence-corrected chi connectivity index (χ4v) is 10.7. The van der Waals surface area contributed by atoms with E-state index in [9.17, 15) is 19.0 Å². The summed E-state index contributed by atoms with van der Waals surface area (Å²) in [5, 5.41) is 3.07. The summed E-state index contributed by atoms with van der Waals surface area (Å²) in [5.74, 6) is -0.482. The summed E-state index contributed by atoms with van der Waals surface area (Å²) in [4.78, 5) is 37.7. The number of ether oxygens (including phenoxy) is 1. The highest BCUT2D eigenvalue weighted by Gasteiger charge is 2.30. The zero-order chi connectivity index (χ0) is 54.3. The second kappa shape index (κ2) is 55.1. The van der Waals surface area contributed by atoms with E-state index in [4.69, 9.17) is 13.8 Å². The molecule has 0 bridgehead atoms. The van der Waals surface area contributed by atoms with Crippen LogP contribution in [-0.4, -0.2) is 74.3 Å². The molecule has 0 heterocycles. The Kier molecular flexibility index (Phi) is 54.1. The first-order valence-corrected chi connectivity index (χ1v) is 34.0. The molecular formula is C64H128N2O7P+. The van der Waals surface area contributed by atoms with Gasteiger partial charge in [0.25, 0.3) is 0 Å². The van der Waals surface area contributed by atoms with Crippen molar-refractivity contribution in [2.24, 2.45) is 0 Å². The number of allylic oxidation sites excluding steroid dienone is 1. The number of likely N-dealkylation sites (N-methyl/N-ethyl adjacent to an activating group) is 1. The van der Waals surface area contributed by atoms with Gasteiger partial charge in [-0.15, -0.1) is 0 Å². The lowest BCUT2D eigenvalue weighted by atomic mass is 10.0. The number of unbranched alkanes of at least 4 members (excludes halogenated alkanes) is 44. The first-order valence-electron chi connectivity index (χ1n) is 32.5. The molecular weight excluding hydrogens is 940 g/mol. The molecule has 10 heteroatoms. The molecule has 0 radical (unpaired) electrons. The Hall–Kier alpha value is -1.25. The molecule has 3 unspecified atom stereocenters. The van der Waals surface area contributed by atoms with Crippen LogP contribution in [0.2, 0.25) is 0 Å². The van der Waals surface area contributed by atoms with Crippen LogP contribution in [0.3, 0.4) is 0 Å². The number of carbonyl (C=O) groups is 2. The summed E-state index contributed by atoms with van der Waals surface area (Å²) in [6.07, 6.45) is 63.5. The van der Waals surface area contributed by atoms with Gasteiger partial charge in [0.15, 0.2) is 0 Å². The van der Waals surface area contributed by atoms with Gasteiger partial charge in [-0.25, -0.2) is 4.57 Å². The summed E-state index contributed by atoms with van der Waals surface area (Å²) in [6.45, 7) is 7.07. The van der Waals surface area contributed by atoms with Gasteiger partial charge in [0.2, 0.25) is 5.91 Å². The lowest BCUT2D eigenvalue weighted by Gasteiger charge is -2.27. The monoisotopic (exact) mass is 1070 g/mol. The standard InChI is InChI=1S/C64H127N2O7P/c1-7-10-13-16-19-22-25-28-30-31-32-33-34-35-37-38-41-44-47-50-53-56-63(67)65-61(60-72-74(69,70)71-59-58-66(4,5)6)62(55-52-49-46-43-40-27-24-21-18-15-12-9-3)73-64(68)57-54-51-48-45-42-39-36-29-26-23-20-17-14-11-8-2/h52,55,61-62H,7-51,53-54,56-60H2,1-6H3,(H-,65,67,69,70)/p+1/b55-52+. The number of nitrogens with one attached hydrogen (secondary N) is 1. The van der Waals surface area contributed by atoms with E-state index in [1.165, 1.54) is 244 Å². The minimum Gasteiger partial charge on any atom is -0.456 e. The maximum Gasteiger partial charge on any atom is 0.472 e. The van der Waals surface area contributed by atoms with Gasteiger partial charge >= 0.3 is 13.8 Å². The second-order valence-corrected chi connectivity index (χ2v) is 25.1. The predicted octanol–water partition coefficient (Wildman–Crippen LogP) is 20.0. The number of phosphoric ester groups is 1. The van der Waals surface area contributed by atoms with Crippen molar-refractivity contribution in [1.29, 1.82) is 0 Å². The molecule has 2 N–H and O–H groups in total. The van der Waals surface area contributed by atoms with Gasteiger partial charge in [-0.1, -0.05) is 303 Å². The molecule has 0 aromatic carbocycles. The van der Waals surface area contributed by atoms with E-state index < -0.39 is 20.0 Å². The summed E-state index contributed by atoms with van der Waals surface area (Å²) < 4.78 is 30.7. The quantitative estimate of drug-likeness (QED) is 0.0205. The number of carbonyl (C=O) groups excluding carboxylic acids is 2. The predicted molar refractivity (Wildman–Crippen MR) is 319 cm³/mol. The number of hydrogen-bond donors (Lipinski definition) is 2. The zero-order valence-electron chi connectivity index (χ0n) is 50.4. The number of amides is 1. The van der Waals surface area contributed by atoms with Crippen molar-refractivity contribution < 1.29 is 37.3 Å². The highest BCUT2D eigenvalue weighted by molar-refractivity contribution is 7.47. The van der Waals surface area contributed by atoms with Crippen LogP contribution in [0.1, 0.15) is 335 Å². The highest BCUT2D eigenvalue weighted by atomic mass is 31.2. The Morgan fingerprint density at radius 2 is 0.770 bits per heavy atom. The molecule has 1 amide bonds. The van der Waals surface area contributed by atoms with Crippen molar-refractivity contribution in [2.75, 3.05) is 40.9 Å². The third kappa shape index (κ3) is 55.5. The van der Waals surface area contributed by atoms with Crippen LogP contribution in [0.25, 0.3) is 0 Å². The first kappa shape index (κ1) is 72.8. The molecule has 0 aliphatic heterocycles. The largest absolute Gasteiger partial charge is 0.472 e. The van der Waals surface area contributed by atoms with Crippen LogP contribution in [0.4, 0.5) is 0 Å². The maximum absolute atomic E-state index is 13.6. The van der Waals surface area contributed by atoms with E-state index in [1.807, 2.05) is 33.3 Å². The average molecular weight is 1070 g/mol. The molecule has 0 fully saturated rings. The smallest absolute Gasteiger partial charge is 0.456 e. The van der Waals surface area contributed by atoms with Crippen molar-refractivity contribution in [1.82, 2.24) is 5.32 Å². The van der Waals surface area contributed by atoms with E-state index in [2.05, 4.69) is 26.1 Å². The molecule has 0 saturated carbocycles. The molecule has 0 aliphatic rings. The van der Waals surface area contributed by atoms with Gasteiger partial charge in [0.1, 0.15) is 19.3 Å². The third-order valence-corrected chi connectivity index (χ3v) is 16.0. The number of nitrogens with zero attached hydrogens (tertiary/aromatic N) is 1. The summed E-state index contributed by atoms with van der Waals surface area (Å²) in [5.41, 5.74) is 0. The fraction of sp³-hybridized carbons (Fsp3) is 0.938. The van der Waals surface area contributed by atoms with Crippen molar-refractivity contribution in [2.45, 2.75) is 348 Å². The molecule has 0 aromatic rings. The molecule has 3 atom stereocenters. The molecule has 9 nitrogen and oxygen atoms in total. The van der Waals surface area contributed by atoms with Crippen LogP contribution in [0.5, 0.6) is 0 Å². The third-order valence-electron chi connectivity index (χ3n) is 15.0. The SMILES string of the molecule is CCCCCCCCCCCC/C=C/C(OC(=O)CCCCCCCCCCCCCCCCC)C(COP(=O)(O)OCC[N+](C)(C)C)NC(=O)CCCCCCCCCCCCCCCCCCCCCCC. The Balaban J connectivity index is 5.13. The Morgan fingerprint density at radius 3 is 1.11 bits per heavy atom. The lowest BCUT2D eigenvalue weighted by Crippen LogP contribution is -2.47. The van der Waals surface area contributed by atoms with Gasteiger partial charge in [0, 0.05) is 12.8 Å². The van der Waals surface area contributed by atoms with Crippen molar-refractivity contribution >= 4 is 19.7 Å². The fourth-order valence-electron chi connectivity index (χ4n) is 9.94. The number of hydrogen-bond acceptors (Lipinski definition) is 6. The molecule has 74 heavy (non-hydrogen) atoms. The van der Waals surface area contributed by atoms with Crippen LogP contribution < -0.4 is 5.32 Å². The molecule has 0 aliphatic carbocycles. The topological polar surface area (TPSA) is 111 Å². The van der Waals surface area contributed by atoms with E-state index in [0.717, 1.165) is 57.8 Å². The van der Waals surface area contributed by atoms with E-state index in [0.29, 0.717) is 23.9 Å². The Morgan fingerprint density at radius 1 is 0.459 bits per heavy atom. The zero-order valence-corrected chi connectivity index (χ0v) is 51.3. The normalized spacial score (nSPS) is 13.7. The van der Waals surface area contributed by atoms with Gasteiger partial charge in [-0.05, 0) is 31.8 Å². The molecule has 0 spiro atoms. The minimum absolute atomic E-state index is 0.0458. The number of rotatable bonds is 60. The first-order chi connectivity index (χ1) is 35.9. The van der Waals surface area contributed by atoms with Gasteiger partial charge in [-0.3, -0.25) is 18.6 Å². The highest BCUT2D eigenvalue weighted by Crippen LogP contribution is 2.43. The molecule has 440 valence electrons. The summed E-state index contributed by atoms with van der Waals surface area (Å²) >= 11 is 0. The van der Waals surface area contributed by atoms with E-state index >= 15 is 0 Å². The van der Waals surface area contributed by atoms with Gasteiger partial charge in [-0.2, -0.15) is 0 Å². The molecule has 0 aromatic heterocycles. The Bertz CT molecular complexity index is 1270. The van der Waals surface area contributed by atoms with Crippen molar-refractivity contribution in [3.05, 3.63) is 12.2 Å². The number of quaternary nitrogens is 1. The molecule has 0 rings (SSSR count). The molecule has 0 saturated heterocycles. The summed E-state index contributed by atoms with van der Waals surface area (Å²) in [7, 11) is 1.52. The van der Waals surface area contributed by atoms with E-state index in [1.54, 1.807) is 0 Å². The van der Waals surface area contributed by atoms with Crippen LogP contribution in [-0.2, 0) is 27.9 Å². The Labute approximate surface area is 461 Å². The summed E-state index contributed by atoms with van der Waals surface area (Å²) in [6, 6.07) is -0.839. The van der Waals surface area contributed by atoms with E-state index in [-0.39, 0.29) is 25.1 Å². The van der Waals surface area contributed by atoms with Crippen LogP contribution in [0.15, 0.2) is 12.2 Å². The lowest BCUT2D eigenvalue weighted by molar-refractivity contribution is -0.870. The van der Waals surface area contributed by atoms with Gasteiger partial charge in [0.05, 0.1) is 33.8 Å². The van der Waals surface area contributed by atoms with Crippen molar-refractivity contribution in [3.63, 3.8) is 0 Å².